The maximum Gasteiger partial charge on any atom is 0.265 e. The number of benzene rings is 2. The van der Waals surface area contributed by atoms with Crippen LogP contribution in [0, 0.1) is 0 Å². The number of hydrogen-bond donors (Lipinski definition) is 0. The molecule has 1 aliphatic rings. The Kier molecular flexibility index (Phi) is 5.15. The van der Waals surface area contributed by atoms with Gasteiger partial charge in [-0.05, 0) is 36.4 Å². The van der Waals surface area contributed by atoms with Crippen molar-refractivity contribution >= 4 is 21.6 Å². The normalized spacial score (nSPS) is 13.9. The van der Waals surface area contributed by atoms with Crippen LogP contribution in [0.3, 0.4) is 0 Å². The lowest BCUT2D eigenvalue weighted by Crippen LogP contribution is -2.40. The molecule has 3 rings (SSSR count). The van der Waals surface area contributed by atoms with Gasteiger partial charge in [0.15, 0.2) is 6.61 Å². The molecule has 0 fully saturated rings. The Balaban J connectivity index is 1.66. The predicted octanol–water partition coefficient (Wildman–Crippen LogP) is 1.74. The Morgan fingerprint density at radius 3 is 2.54 bits per heavy atom. The summed E-state index contributed by atoms with van der Waals surface area (Å²) < 4.78 is 36.3. The van der Waals surface area contributed by atoms with Crippen molar-refractivity contribution in [2.24, 2.45) is 0 Å². The molecule has 0 unspecified atom stereocenters. The zero-order valence-corrected chi connectivity index (χ0v) is 15.4. The Morgan fingerprint density at radius 1 is 1.15 bits per heavy atom. The van der Waals surface area contributed by atoms with Crippen LogP contribution in [-0.4, -0.2) is 52.5 Å². The molecule has 0 saturated carbocycles. The highest BCUT2D eigenvalue weighted by atomic mass is 32.2. The SMILES string of the molecule is CN(C)S(=O)(=O)c1ccc(OCC(=O)N2CCOc3ccccc32)cc1. The second-order valence-corrected chi connectivity index (χ2v) is 8.06. The molecule has 7 nitrogen and oxygen atoms in total. The first-order valence-corrected chi connectivity index (χ1v) is 9.51. The Bertz CT molecular complexity index is 894. The molecule has 0 N–H and O–H groups in total. The van der Waals surface area contributed by atoms with Gasteiger partial charge >= 0.3 is 0 Å². The third kappa shape index (κ3) is 3.66. The van der Waals surface area contributed by atoms with Crippen LogP contribution in [0.2, 0.25) is 0 Å². The van der Waals surface area contributed by atoms with Gasteiger partial charge in [-0.3, -0.25) is 4.79 Å². The highest BCUT2D eigenvalue weighted by Gasteiger charge is 2.23. The lowest BCUT2D eigenvalue weighted by atomic mass is 10.2. The highest BCUT2D eigenvalue weighted by Crippen LogP contribution is 2.31. The average molecular weight is 376 g/mol. The van der Waals surface area contributed by atoms with E-state index >= 15 is 0 Å². The van der Waals surface area contributed by atoms with Crippen LogP contribution >= 0.6 is 0 Å². The van der Waals surface area contributed by atoms with Crippen LogP contribution in [0.15, 0.2) is 53.4 Å². The maximum absolute atomic E-state index is 12.5. The summed E-state index contributed by atoms with van der Waals surface area (Å²) >= 11 is 0. The van der Waals surface area contributed by atoms with Gasteiger partial charge in [0.25, 0.3) is 5.91 Å². The molecule has 2 aromatic carbocycles. The van der Waals surface area contributed by atoms with Crippen molar-refractivity contribution in [2.45, 2.75) is 4.90 Å². The molecule has 0 saturated heterocycles. The van der Waals surface area contributed by atoms with Crippen LogP contribution < -0.4 is 14.4 Å². The van der Waals surface area contributed by atoms with Gasteiger partial charge < -0.3 is 14.4 Å². The number of sulfonamides is 1. The molecule has 0 aliphatic carbocycles. The molecule has 1 amide bonds. The highest BCUT2D eigenvalue weighted by molar-refractivity contribution is 7.89. The summed E-state index contributed by atoms with van der Waals surface area (Å²) in [5, 5.41) is 0. The van der Waals surface area contributed by atoms with Crippen molar-refractivity contribution in [3.05, 3.63) is 48.5 Å². The Labute approximate surface area is 152 Å². The van der Waals surface area contributed by atoms with Crippen molar-refractivity contribution in [1.82, 2.24) is 4.31 Å². The molecule has 0 atom stereocenters. The predicted molar refractivity (Wildman–Crippen MR) is 97.1 cm³/mol. The maximum atomic E-state index is 12.5. The third-order valence-electron chi connectivity index (χ3n) is 3.99. The summed E-state index contributed by atoms with van der Waals surface area (Å²) in [5.41, 5.74) is 0.722. The number of amides is 1. The van der Waals surface area contributed by atoms with Gasteiger partial charge in [0.2, 0.25) is 10.0 Å². The number of fused-ring (bicyclic) bond motifs is 1. The van der Waals surface area contributed by atoms with Gasteiger partial charge in [-0.1, -0.05) is 12.1 Å². The molecule has 0 aromatic heterocycles. The number of ether oxygens (including phenoxy) is 2. The molecule has 0 bridgehead atoms. The Hall–Kier alpha value is -2.58. The molecule has 138 valence electrons. The average Bonchev–Trinajstić information content (AvgIpc) is 2.66. The van der Waals surface area contributed by atoms with Crippen LogP contribution in [0.25, 0.3) is 0 Å². The smallest absolute Gasteiger partial charge is 0.265 e. The van der Waals surface area contributed by atoms with E-state index in [0.29, 0.717) is 24.7 Å². The molecular weight excluding hydrogens is 356 g/mol. The lowest BCUT2D eigenvalue weighted by Gasteiger charge is -2.29. The number of hydrogen-bond acceptors (Lipinski definition) is 5. The summed E-state index contributed by atoms with van der Waals surface area (Å²) in [6.45, 7) is 0.743. The minimum absolute atomic E-state index is 0.145. The number of rotatable bonds is 5. The lowest BCUT2D eigenvalue weighted by molar-refractivity contribution is -0.120. The number of anilines is 1. The number of para-hydroxylation sites is 2. The molecule has 1 aliphatic heterocycles. The summed E-state index contributed by atoms with van der Waals surface area (Å²) in [6, 6.07) is 13.3. The van der Waals surface area contributed by atoms with E-state index in [9.17, 15) is 13.2 Å². The van der Waals surface area contributed by atoms with Crippen LogP contribution in [0.1, 0.15) is 0 Å². The van der Waals surface area contributed by atoms with Crippen molar-refractivity contribution in [1.29, 1.82) is 0 Å². The largest absolute Gasteiger partial charge is 0.490 e. The zero-order valence-electron chi connectivity index (χ0n) is 14.6. The molecular formula is C18H20N2O5S. The van der Waals surface area contributed by atoms with Gasteiger partial charge in [0, 0.05) is 14.1 Å². The fraction of sp³-hybridized carbons (Fsp3) is 0.278. The summed E-state index contributed by atoms with van der Waals surface area (Å²) in [4.78, 5) is 14.3. The fourth-order valence-electron chi connectivity index (χ4n) is 2.57. The minimum atomic E-state index is -3.49. The zero-order chi connectivity index (χ0) is 18.7. The van der Waals surface area contributed by atoms with E-state index in [1.165, 1.54) is 38.4 Å². The van der Waals surface area contributed by atoms with Crippen LogP contribution in [-0.2, 0) is 14.8 Å². The van der Waals surface area contributed by atoms with Gasteiger partial charge in [-0.15, -0.1) is 0 Å². The summed E-state index contributed by atoms with van der Waals surface area (Å²) in [7, 11) is -0.545. The number of nitrogens with zero attached hydrogens (tertiary/aromatic N) is 2. The van der Waals surface area contributed by atoms with Crippen molar-refractivity contribution in [3.8, 4) is 11.5 Å². The first-order valence-electron chi connectivity index (χ1n) is 8.07. The van der Waals surface area contributed by atoms with E-state index in [4.69, 9.17) is 9.47 Å². The first kappa shape index (κ1) is 18.2. The Morgan fingerprint density at radius 2 is 1.85 bits per heavy atom. The fourth-order valence-corrected chi connectivity index (χ4v) is 3.47. The van der Waals surface area contributed by atoms with E-state index in [1.54, 1.807) is 4.90 Å². The second kappa shape index (κ2) is 7.35. The van der Waals surface area contributed by atoms with Gasteiger partial charge in [0.1, 0.15) is 18.1 Å². The van der Waals surface area contributed by atoms with Gasteiger partial charge in [-0.25, -0.2) is 12.7 Å². The van der Waals surface area contributed by atoms with E-state index in [-0.39, 0.29) is 17.4 Å². The molecule has 0 radical (unpaired) electrons. The van der Waals surface area contributed by atoms with Crippen molar-refractivity contribution < 1.29 is 22.7 Å². The van der Waals surface area contributed by atoms with E-state index in [0.717, 1.165) is 9.99 Å². The quantitative estimate of drug-likeness (QED) is 0.795. The van der Waals surface area contributed by atoms with E-state index in [1.807, 2.05) is 24.3 Å². The van der Waals surface area contributed by atoms with Gasteiger partial charge in [-0.2, -0.15) is 0 Å². The number of carbonyl (C=O) groups is 1. The van der Waals surface area contributed by atoms with Crippen LogP contribution in [0.5, 0.6) is 11.5 Å². The topological polar surface area (TPSA) is 76.2 Å². The summed E-state index contributed by atoms with van der Waals surface area (Å²) in [5.74, 6) is 0.911. The van der Waals surface area contributed by atoms with E-state index in [2.05, 4.69) is 0 Å². The molecule has 26 heavy (non-hydrogen) atoms. The van der Waals surface area contributed by atoms with Crippen LogP contribution in [0.4, 0.5) is 5.69 Å². The molecule has 8 heteroatoms. The molecule has 1 heterocycles. The standard InChI is InChI=1S/C18H20N2O5S/c1-19(2)26(22,23)15-9-7-14(8-10-15)25-13-18(21)20-11-12-24-17-6-4-3-5-16(17)20/h3-10H,11-13H2,1-2H3. The second-order valence-electron chi connectivity index (χ2n) is 5.91. The first-order chi connectivity index (χ1) is 12.4. The minimum Gasteiger partial charge on any atom is -0.490 e. The molecule has 0 spiro atoms. The molecule has 2 aromatic rings. The third-order valence-corrected chi connectivity index (χ3v) is 5.82. The van der Waals surface area contributed by atoms with Gasteiger partial charge in [0.05, 0.1) is 17.1 Å². The monoisotopic (exact) mass is 376 g/mol. The van der Waals surface area contributed by atoms with E-state index < -0.39 is 10.0 Å². The number of carbonyl (C=O) groups excluding carboxylic acids is 1. The summed E-state index contributed by atoms with van der Waals surface area (Å²) in [6.07, 6.45) is 0. The van der Waals surface area contributed by atoms with Crippen molar-refractivity contribution in [2.75, 3.05) is 38.8 Å². The van der Waals surface area contributed by atoms with Crippen molar-refractivity contribution in [3.63, 3.8) is 0 Å².